The molecule has 1 heteroatoms. The lowest BCUT2D eigenvalue weighted by Gasteiger charge is -2.44. The summed E-state index contributed by atoms with van der Waals surface area (Å²) in [4.78, 5) is 2.83. The average Bonchev–Trinajstić information content (AvgIpc) is 2.39. The average molecular weight is 221 g/mol. The fraction of sp³-hybridized carbons (Fsp3) is 1.00. The van der Waals surface area contributed by atoms with Crippen molar-refractivity contribution >= 4 is 0 Å². The van der Waals surface area contributed by atoms with E-state index in [9.17, 15) is 0 Å². The van der Waals surface area contributed by atoms with Crippen LogP contribution in [0, 0.1) is 11.8 Å². The van der Waals surface area contributed by atoms with Crippen LogP contribution in [-0.4, -0.2) is 24.0 Å². The van der Waals surface area contributed by atoms with Crippen LogP contribution in [0.4, 0.5) is 0 Å². The monoisotopic (exact) mass is 221 g/mol. The van der Waals surface area contributed by atoms with Gasteiger partial charge in [0.25, 0.3) is 0 Å². The quantitative estimate of drug-likeness (QED) is 0.650. The summed E-state index contributed by atoms with van der Waals surface area (Å²) < 4.78 is 0. The Hall–Kier alpha value is -0.0400. The lowest BCUT2D eigenvalue weighted by molar-refractivity contribution is 0.0627. The van der Waals surface area contributed by atoms with Gasteiger partial charge in [-0.25, -0.2) is 0 Å². The van der Waals surface area contributed by atoms with Crippen LogP contribution >= 0.6 is 0 Å². The molecule has 1 aliphatic heterocycles. The number of hydrogen-bond acceptors (Lipinski definition) is 1. The van der Waals surface area contributed by atoms with Gasteiger partial charge in [0.2, 0.25) is 0 Å². The van der Waals surface area contributed by atoms with Crippen molar-refractivity contribution < 1.29 is 0 Å². The highest BCUT2D eigenvalue weighted by Gasteiger charge is 2.34. The summed E-state index contributed by atoms with van der Waals surface area (Å²) in [6.07, 6.45) is 15.2. The van der Waals surface area contributed by atoms with Crippen molar-refractivity contribution in [3.8, 4) is 0 Å². The van der Waals surface area contributed by atoms with E-state index < -0.39 is 0 Å². The van der Waals surface area contributed by atoms with E-state index in [0.717, 1.165) is 17.9 Å². The van der Waals surface area contributed by atoms with Crippen molar-refractivity contribution in [2.24, 2.45) is 11.8 Å². The van der Waals surface area contributed by atoms with Crippen molar-refractivity contribution in [2.45, 2.75) is 70.3 Å². The lowest BCUT2D eigenvalue weighted by Crippen LogP contribution is -2.44. The SMILES string of the molecule is C1CCN([C@@H]2CC[C@@H]3CCCCC3C2)CC1. The molecular weight excluding hydrogens is 194 g/mol. The molecule has 0 N–H and O–H groups in total. The molecule has 1 saturated heterocycles. The molecule has 0 aromatic rings. The molecule has 3 aliphatic rings. The summed E-state index contributed by atoms with van der Waals surface area (Å²) in [5.41, 5.74) is 0. The van der Waals surface area contributed by atoms with Crippen molar-refractivity contribution in [1.29, 1.82) is 0 Å². The third kappa shape index (κ3) is 2.30. The third-order valence-corrected chi connectivity index (χ3v) is 5.42. The highest BCUT2D eigenvalue weighted by atomic mass is 15.2. The van der Waals surface area contributed by atoms with Crippen LogP contribution < -0.4 is 0 Å². The smallest absolute Gasteiger partial charge is 0.00980 e. The van der Waals surface area contributed by atoms with Crippen LogP contribution in [0.1, 0.15) is 64.2 Å². The van der Waals surface area contributed by atoms with Gasteiger partial charge in [-0.05, 0) is 57.0 Å². The summed E-state index contributed by atoms with van der Waals surface area (Å²) in [6, 6.07) is 0.972. The van der Waals surface area contributed by atoms with E-state index in [0.29, 0.717) is 0 Å². The molecule has 0 bridgehead atoms. The standard InChI is InChI=1S/C15H27N/c1-4-10-16(11-5-1)15-9-8-13-6-2-3-7-14(13)12-15/h13-15H,1-12H2/t13-,14?,15+/m0/s1. The maximum Gasteiger partial charge on any atom is 0.00980 e. The summed E-state index contributed by atoms with van der Waals surface area (Å²) in [5.74, 6) is 2.23. The molecule has 0 radical (unpaired) electrons. The van der Waals surface area contributed by atoms with E-state index in [1.54, 1.807) is 25.7 Å². The van der Waals surface area contributed by atoms with E-state index >= 15 is 0 Å². The Morgan fingerprint density at radius 1 is 0.625 bits per heavy atom. The van der Waals surface area contributed by atoms with Gasteiger partial charge < -0.3 is 4.90 Å². The van der Waals surface area contributed by atoms with Crippen LogP contribution in [0.3, 0.4) is 0 Å². The molecule has 1 unspecified atom stereocenters. The molecule has 0 aromatic carbocycles. The Morgan fingerprint density at radius 3 is 2.19 bits per heavy atom. The maximum absolute atomic E-state index is 2.83. The maximum atomic E-state index is 2.83. The van der Waals surface area contributed by atoms with Gasteiger partial charge in [-0.15, -0.1) is 0 Å². The Kier molecular flexibility index (Phi) is 3.51. The number of rotatable bonds is 1. The van der Waals surface area contributed by atoms with E-state index in [4.69, 9.17) is 0 Å². The summed E-state index contributed by atoms with van der Waals surface area (Å²) in [7, 11) is 0. The Bertz CT molecular complexity index is 217. The van der Waals surface area contributed by atoms with Crippen LogP contribution in [0.15, 0.2) is 0 Å². The number of nitrogens with zero attached hydrogens (tertiary/aromatic N) is 1. The van der Waals surface area contributed by atoms with Crippen LogP contribution in [-0.2, 0) is 0 Å². The Morgan fingerprint density at radius 2 is 1.38 bits per heavy atom. The molecule has 0 spiro atoms. The predicted octanol–water partition coefficient (Wildman–Crippen LogP) is 3.83. The number of likely N-dealkylation sites (tertiary alicyclic amines) is 1. The zero-order chi connectivity index (χ0) is 10.8. The van der Waals surface area contributed by atoms with Crippen molar-refractivity contribution in [3.63, 3.8) is 0 Å². The van der Waals surface area contributed by atoms with Crippen LogP contribution in [0.2, 0.25) is 0 Å². The van der Waals surface area contributed by atoms with Gasteiger partial charge in [-0.1, -0.05) is 32.1 Å². The largest absolute Gasteiger partial charge is 0.300 e. The molecule has 1 nitrogen and oxygen atoms in total. The zero-order valence-corrected chi connectivity index (χ0v) is 10.7. The first kappa shape index (κ1) is 11.1. The van der Waals surface area contributed by atoms with E-state index in [-0.39, 0.29) is 0 Å². The third-order valence-electron chi connectivity index (χ3n) is 5.42. The summed E-state index contributed by atoms with van der Waals surface area (Å²) >= 11 is 0. The topological polar surface area (TPSA) is 3.24 Å². The van der Waals surface area contributed by atoms with E-state index in [2.05, 4.69) is 4.90 Å². The van der Waals surface area contributed by atoms with Crippen LogP contribution in [0.25, 0.3) is 0 Å². The highest BCUT2D eigenvalue weighted by Crippen LogP contribution is 2.42. The number of fused-ring (bicyclic) bond motifs is 1. The second-order valence-electron chi connectivity index (χ2n) is 6.37. The van der Waals surface area contributed by atoms with Crippen molar-refractivity contribution in [2.75, 3.05) is 13.1 Å². The Labute approximate surface area is 101 Å². The molecule has 3 fully saturated rings. The zero-order valence-electron chi connectivity index (χ0n) is 10.7. The van der Waals surface area contributed by atoms with Gasteiger partial charge in [0.15, 0.2) is 0 Å². The first-order chi connectivity index (χ1) is 7.93. The van der Waals surface area contributed by atoms with Crippen molar-refractivity contribution in [3.05, 3.63) is 0 Å². The van der Waals surface area contributed by atoms with Gasteiger partial charge in [-0.3, -0.25) is 0 Å². The summed E-state index contributed by atoms with van der Waals surface area (Å²) in [5, 5.41) is 0. The molecule has 3 atom stereocenters. The van der Waals surface area contributed by atoms with E-state index in [1.165, 1.54) is 51.6 Å². The molecule has 2 saturated carbocycles. The Balaban J connectivity index is 1.57. The molecule has 1 heterocycles. The number of piperidine rings is 1. The van der Waals surface area contributed by atoms with E-state index in [1.807, 2.05) is 0 Å². The highest BCUT2D eigenvalue weighted by molar-refractivity contribution is 4.88. The van der Waals surface area contributed by atoms with Crippen LogP contribution in [0.5, 0.6) is 0 Å². The second-order valence-corrected chi connectivity index (χ2v) is 6.37. The molecule has 0 aromatic heterocycles. The fourth-order valence-corrected chi connectivity index (χ4v) is 4.46. The van der Waals surface area contributed by atoms with Crippen molar-refractivity contribution in [1.82, 2.24) is 4.90 Å². The minimum Gasteiger partial charge on any atom is -0.300 e. The normalized spacial score (nSPS) is 41.6. The van der Waals surface area contributed by atoms with Gasteiger partial charge in [0.05, 0.1) is 0 Å². The first-order valence-corrected chi connectivity index (χ1v) is 7.67. The minimum atomic E-state index is 0.972. The lowest BCUT2D eigenvalue weighted by atomic mass is 9.69. The van der Waals surface area contributed by atoms with Gasteiger partial charge in [0, 0.05) is 6.04 Å². The molecular formula is C15H27N. The number of hydrogen-bond donors (Lipinski definition) is 0. The molecule has 92 valence electrons. The predicted molar refractivity (Wildman–Crippen MR) is 68.5 cm³/mol. The van der Waals surface area contributed by atoms with Gasteiger partial charge in [-0.2, -0.15) is 0 Å². The fourth-order valence-electron chi connectivity index (χ4n) is 4.46. The molecule has 0 amide bonds. The molecule has 16 heavy (non-hydrogen) atoms. The molecule has 3 rings (SSSR count). The minimum absolute atomic E-state index is 0.972. The first-order valence-electron chi connectivity index (χ1n) is 7.67. The van der Waals surface area contributed by atoms with Gasteiger partial charge >= 0.3 is 0 Å². The molecule has 2 aliphatic carbocycles. The summed E-state index contributed by atoms with van der Waals surface area (Å²) in [6.45, 7) is 2.81. The second kappa shape index (κ2) is 5.08. The van der Waals surface area contributed by atoms with Gasteiger partial charge in [0.1, 0.15) is 0 Å².